The van der Waals surface area contributed by atoms with Gasteiger partial charge in [0.1, 0.15) is 0 Å². The maximum atomic E-state index is 10.1. The van der Waals surface area contributed by atoms with Crippen LogP contribution in [0, 0.1) is 5.92 Å². The molecule has 2 unspecified atom stereocenters. The van der Waals surface area contributed by atoms with Crippen LogP contribution in [0.5, 0.6) is 0 Å². The summed E-state index contributed by atoms with van der Waals surface area (Å²) in [6, 6.07) is 1.89. The number of aryl methyl sites for hydroxylation is 1. The predicted molar refractivity (Wildman–Crippen MR) is 63.1 cm³/mol. The summed E-state index contributed by atoms with van der Waals surface area (Å²) in [6.45, 7) is 5.72. The van der Waals surface area contributed by atoms with Gasteiger partial charge in [0.15, 0.2) is 0 Å². The summed E-state index contributed by atoms with van der Waals surface area (Å²) in [6.07, 6.45) is 3.03. The van der Waals surface area contributed by atoms with Crippen LogP contribution in [0.2, 0.25) is 0 Å². The van der Waals surface area contributed by atoms with Crippen molar-refractivity contribution >= 4 is 0 Å². The number of hydrogen-bond donors (Lipinski definition) is 1. The van der Waals surface area contributed by atoms with Crippen LogP contribution in [-0.2, 0) is 11.3 Å². The highest BCUT2D eigenvalue weighted by Crippen LogP contribution is 2.21. The number of aliphatic hydroxyl groups excluding tert-OH is 1. The largest absolute Gasteiger partial charge is 0.387 e. The highest BCUT2D eigenvalue weighted by atomic mass is 16.5. The van der Waals surface area contributed by atoms with E-state index in [0.717, 1.165) is 18.7 Å². The Morgan fingerprint density at radius 3 is 2.94 bits per heavy atom. The fourth-order valence-electron chi connectivity index (χ4n) is 1.88. The van der Waals surface area contributed by atoms with Crippen LogP contribution in [0.1, 0.15) is 38.5 Å². The topological polar surface area (TPSA) is 47.3 Å². The SMILES string of the molecule is CCCn1nccc1C(O)CC(C)COC. The average Bonchev–Trinajstić information content (AvgIpc) is 2.66. The molecule has 0 aliphatic heterocycles. The Balaban J connectivity index is 2.57. The molecule has 16 heavy (non-hydrogen) atoms. The molecule has 92 valence electrons. The molecule has 1 N–H and O–H groups in total. The standard InChI is InChI=1S/C12H22N2O2/c1-4-7-14-11(5-6-13-14)12(15)8-10(2)9-16-3/h5-6,10,12,15H,4,7-9H2,1-3H3. The Hall–Kier alpha value is -0.870. The highest BCUT2D eigenvalue weighted by molar-refractivity contribution is 5.04. The van der Waals surface area contributed by atoms with Gasteiger partial charge in [-0.25, -0.2) is 0 Å². The molecule has 4 heteroatoms. The van der Waals surface area contributed by atoms with Gasteiger partial charge in [0.25, 0.3) is 0 Å². The second-order valence-corrected chi connectivity index (χ2v) is 4.29. The van der Waals surface area contributed by atoms with Crippen LogP contribution in [0.25, 0.3) is 0 Å². The molecular weight excluding hydrogens is 204 g/mol. The van der Waals surface area contributed by atoms with E-state index >= 15 is 0 Å². The predicted octanol–water partition coefficient (Wildman–Crippen LogP) is 2.00. The molecule has 0 saturated carbocycles. The van der Waals surface area contributed by atoms with Crippen LogP contribution in [-0.4, -0.2) is 28.6 Å². The molecule has 0 amide bonds. The molecule has 0 fully saturated rings. The molecule has 1 heterocycles. The molecule has 0 spiro atoms. The lowest BCUT2D eigenvalue weighted by atomic mass is 10.0. The first-order valence-electron chi connectivity index (χ1n) is 5.87. The number of aromatic nitrogens is 2. The molecule has 1 aromatic rings. The van der Waals surface area contributed by atoms with Crippen molar-refractivity contribution in [3.63, 3.8) is 0 Å². The van der Waals surface area contributed by atoms with Gasteiger partial charge in [-0.3, -0.25) is 4.68 Å². The Labute approximate surface area is 97.2 Å². The summed E-state index contributed by atoms with van der Waals surface area (Å²) in [7, 11) is 1.68. The van der Waals surface area contributed by atoms with E-state index in [1.54, 1.807) is 13.3 Å². The molecule has 2 atom stereocenters. The number of ether oxygens (including phenoxy) is 1. The van der Waals surface area contributed by atoms with Gasteiger partial charge in [-0.15, -0.1) is 0 Å². The summed E-state index contributed by atoms with van der Waals surface area (Å²) in [5.41, 5.74) is 0.907. The van der Waals surface area contributed by atoms with Crippen molar-refractivity contribution in [3.05, 3.63) is 18.0 Å². The lowest BCUT2D eigenvalue weighted by Gasteiger charge is -2.17. The molecule has 0 aromatic carbocycles. The van der Waals surface area contributed by atoms with Crippen molar-refractivity contribution in [2.75, 3.05) is 13.7 Å². The first kappa shape index (κ1) is 13.2. The Bertz CT molecular complexity index is 299. The summed E-state index contributed by atoms with van der Waals surface area (Å²) in [4.78, 5) is 0. The molecule has 0 radical (unpaired) electrons. The smallest absolute Gasteiger partial charge is 0.0960 e. The quantitative estimate of drug-likeness (QED) is 0.773. The number of nitrogens with zero attached hydrogens (tertiary/aromatic N) is 2. The molecule has 0 aliphatic rings. The van der Waals surface area contributed by atoms with Crippen LogP contribution in [0.3, 0.4) is 0 Å². The van der Waals surface area contributed by atoms with Crippen molar-refractivity contribution in [2.24, 2.45) is 5.92 Å². The van der Waals surface area contributed by atoms with E-state index in [0.29, 0.717) is 18.9 Å². The minimum atomic E-state index is -0.445. The number of rotatable bonds is 7. The molecule has 0 aliphatic carbocycles. The molecule has 1 rings (SSSR count). The van der Waals surface area contributed by atoms with Crippen LogP contribution >= 0.6 is 0 Å². The molecule has 1 aromatic heterocycles. The molecule has 4 nitrogen and oxygen atoms in total. The Morgan fingerprint density at radius 2 is 2.31 bits per heavy atom. The van der Waals surface area contributed by atoms with E-state index in [4.69, 9.17) is 4.74 Å². The van der Waals surface area contributed by atoms with Crippen molar-refractivity contribution < 1.29 is 9.84 Å². The van der Waals surface area contributed by atoms with Gasteiger partial charge in [0.2, 0.25) is 0 Å². The van der Waals surface area contributed by atoms with E-state index in [-0.39, 0.29) is 0 Å². The van der Waals surface area contributed by atoms with Crippen LogP contribution < -0.4 is 0 Å². The Kier molecular flexibility index (Phi) is 5.49. The minimum absolute atomic E-state index is 0.352. The number of hydrogen-bond acceptors (Lipinski definition) is 3. The third-order valence-electron chi connectivity index (χ3n) is 2.60. The first-order chi connectivity index (χ1) is 7.69. The fraction of sp³-hybridized carbons (Fsp3) is 0.750. The lowest BCUT2D eigenvalue weighted by molar-refractivity contribution is 0.0964. The molecule has 0 saturated heterocycles. The number of methoxy groups -OCH3 is 1. The first-order valence-corrected chi connectivity index (χ1v) is 5.87. The number of aliphatic hydroxyl groups is 1. The van der Waals surface area contributed by atoms with Gasteiger partial charge in [0.05, 0.1) is 11.8 Å². The van der Waals surface area contributed by atoms with Gasteiger partial charge < -0.3 is 9.84 Å². The normalized spacial score (nSPS) is 15.0. The van der Waals surface area contributed by atoms with E-state index in [1.807, 2.05) is 10.7 Å². The van der Waals surface area contributed by atoms with Crippen molar-refractivity contribution in [1.29, 1.82) is 0 Å². The monoisotopic (exact) mass is 226 g/mol. The van der Waals surface area contributed by atoms with E-state index < -0.39 is 6.10 Å². The highest BCUT2D eigenvalue weighted by Gasteiger charge is 2.16. The third kappa shape index (κ3) is 3.61. The maximum absolute atomic E-state index is 10.1. The zero-order chi connectivity index (χ0) is 12.0. The molecular formula is C12H22N2O2. The van der Waals surface area contributed by atoms with Crippen molar-refractivity contribution in [1.82, 2.24) is 9.78 Å². The van der Waals surface area contributed by atoms with Gasteiger partial charge in [-0.05, 0) is 24.8 Å². The third-order valence-corrected chi connectivity index (χ3v) is 2.60. The summed E-state index contributed by atoms with van der Waals surface area (Å²) < 4.78 is 6.95. The minimum Gasteiger partial charge on any atom is -0.387 e. The summed E-state index contributed by atoms with van der Waals surface area (Å²) in [5, 5.41) is 14.3. The van der Waals surface area contributed by atoms with Gasteiger partial charge >= 0.3 is 0 Å². The zero-order valence-electron chi connectivity index (χ0n) is 10.4. The van der Waals surface area contributed by atoms with E-state index in [2.05, 4.69) is 18.9 Å². The Morgan fingerprint density at radius 1 is 1.56 bits per heavy atom. The van der Waals surface area contributed by atoms with Crippen LogP contribution in [0.15, 0.2) is 12.3 Å². The van der Waals surface area contributed by atoms with Gasteiger partial charge in [0, 0.05) is 26.5 Å². The summed E-state index contributed by atoms with van der Waals surface area (Å²) >= 11 is 0. The zero-order valence-corrected chi connectivity index (χ0v) is 10.4. The van der Waals surface area contributed by atoms with Gasteiger partial charge in [-0.1, -0.05) is 13.8 Å². The van der Waals surface area contributed by atoms with E-state index in [1.165, 1.54) is 0 Å². The van der Waals surface area contributed by atoms with Crippen LogP contribution in [0.4, 0.5) is 0 Å². The molecule has 0 bridgehead atoms. The average molecular weight is 226 g/mol. The maximum Gasteiger partial charge on any atom is 0.0960 e. The lowest BCUT2D eigenvalue weighted by Crippen LogP contribution is -2.14. The van der Waals surface area contributed by atoms with Gasteiger partial charge in [-0.2, -0.15) is 5.10 Å². The van der Waals surface area contributed by atoms with Crippen molar-refractivity contribution in [3.8, 4) is 0 Å². The van der Waals surface area contributed by atoms with Crippen molar-refractivity contribution in [2.45, 2.75) is 39.3 Å². The second-order valence-electron chi connectivity index (χ2n) is 4.29. The second kappa shape index (κ2) is 6.66. The fourth-order valence-corrected chi connectivity index (χ4v) is 1.88. The summed E-state index contributed by atoms with van der Waals surface area (Å²) in [5.74, 6) is 0.352. The van der Waals surface area contributed by atoms with E-state index in [9.17, 15) is 5.11 Å².